The first-order valence-electron chi connectivity index (χ1n) is 7.24. The third-order valence-corrected chi connectivity index (χ3v) is 3.53. The average molecular weight is 271 g/mol. The van der Waals surface area contributed by atoms with Crippen molar-refractivity contribution in [1.29, 1.82) is 0 Å². The molecule has 5 nitrogen and oxygen atoms in total. The number of hydrogen-bond donors (Lipinski definition) is 1. The van der Waals surface area contributed by atoms with Crippen LogP contribution in [0.1, 0.15) is 45.4 Å². The van der Waals surface area contributed by atoms with Crippen LogP contribution in [0.4, 0.5) is 0 Å². The summed E-state index contributed by atoms with van der Waals surface area (Å²) in [4.78, 5) is 25.3. The van der Waals surface area contributed by atoms with Gasteiger partial charge in [0.15, 0.2) is 0 Å². The summed E-state index contributed by atoms with van der Waals surface area (Å²) in [6, 6.07) is 0. The highest BCUT2D eigenvalue weighted by Gasteiger charge is 2.25. The molecule has 1 N–H and O–H groups in total. The zero-order valence-electron chi connectivity index (χ0n) is 11.8. The number of carbonyl (C=O) groups is 2. The Labute approximate surface area is 114 Å². The van der Waals surface area contributed by atoms with Gasteiger partial charge >= 0.3 is 5.97 Å². The molecule has 0 heterocycles. The van der Waals surface area contributed by atoms with E-state index in [0.717, 1.165) is 25.7 Å². The molecule has 1 aliphatic rings. The normalized spacial score (nSPS) is 16.1. The summed E-state index contributed by atoms with van der Waals surface area (Å²) in [7, 11) is 0. The standard InChI is InChI=1S/C14H25NO4/c1-2-19-13(17)8-9-15(10-11-16)14(18)12-6-4-3-5-7-12/h12,16H,2-11H2,1H3. The molecule has 0 saturated heterocycles. The molecule has 1 rings (SSSR count). The van der Waals surface area contributed by atoms with E-state index in [4.69, 9.17) is 9.84 Å². The van der Waals surface area contributed by atoms with Crippen LogP contribution in [0, 0.1) is 5.92 Å². The second kappa shape index (κ2) is 8.91. The fraction of sp³-hybridized carbons (Fsp3) is 0.857. The molecule has 110 valence electrons. The van der Waals surface area contributed by atoms with Crippen molar-refractivity contribution in [3.63, 3.8) is 0 Å². The smallest absolute Gasteiger partial charge is 0.307 e. The lowest BCUT2D eigenvalue weighted by Crippen LogP contribution is -2.40. The average Bonchev–Trinajstić information content (AvgIpc) is 2.44. The summed E-state index contributed by atoms with van der Waals surface area (Å²) in [5.74, 6) is -0.137. The van der Waals surface area contributed by atoms with Crippen LogP contribution >= 0.6 is 0 Å². The van der Waals surface area contributed by atoms with Crippen molar-refractivity contribution in [2.24, 2.45) is 5.92 Å². The Morgan fingerprint density at radius 3 is 2.47 bits per heavy atom. The summed E-state index contributed by atoms with van der Waals surface area (Å²) >= 11 is 0. The highest BCUT2D eigenvalue weighted by molar-refractivity contribution is 5.79. The van der Waals surface area contributed by atoms with Crippen molar-refractivity contribution < 1.29 is 19.4 Å². The van der Waals surface area contributed by atoms with Crippen LogP contribution in [-0.2, 0) is 14.3 Å². The molecule has 0 radical (unpaired) electrons. The number of amides is 1. The molecule has 0 aromatic rings. The molecule has 0 spiro atoms. The van der Waals surface area contributed by atoms with Gasteiger partial charge < -0.3 is 14.7 Å². The van der Waals surface area contributed by atoms with Gasteiger partial charge in [0, 0.05) is 19.0 Å². The Balaban J connectivity index is 2.45. The van der Waals surface area contributed by atoms with Crippen LogP contribution in [0.2, 0.25) is 0 Å². The fourth-order valence-corrected chi connectivity index (χ4v) is 2.52. The first-order chi connectivity index (χ1) is 9.19. The minimum atomic E-state index is -0.290. The minimum absolute atomic E-state index is 0.0682. The molecule has 1 amide bonds. The first kappa shape index (κ1) is 16.0. The molecule has 0 aromatic heterocycles. The van der Waals surface area contributed by atoms with E-state index < -0.39 is 0 Å². The molecular formula is C14H25NO4. The summed E-state index contributed by atoms with van der Waals surface area (Å²) < 4.78 is 4.86. The molecule has 0 aromatic carbocycles. The zero-order valence-corrected chi connectivity index (χ0v) is 11.8. The maximum absolute atomic E-state index is 12.3. The van der Waals surface area contributed by atoms with Gasteiger partial charge in [0.2, 0.25) is 5.91 Å². The number of hydrogen-bond acceptors (Lipinski definition) is 4. The van der Waals surface area contributed by atoms with Crippen LogP contribution in [0.5, 0.6) is 0 Å². The summed E-state index contributed by atoms with van der Waals surface area (Å²) in [5, 5.41) is 9.04. The molecule has 1 fully saturated rings. The van der Waals surface area contributed by atoms with Crippen molar-refractivity contribution in [3.05, 3.63) is 0 Å². The molecular weight excluding hydrogens is 246 g/mol. The third-order valence-electron chi connectivity index (χ3n) is 3.53. The van der Waals surface area contributed by atoms with Crippen LogP contribution in [0.15, 0.2) is 0 Å². The third kappa shape index (κ3) is 5.59. The van der Waals surface area contributed by atoms with E-state index in [-0.39, 0.29) is 30.8 Å². The molecule has 0 aliphatic heterocycles. The number of aliphatic hydroxyl groups excluding tert-OH is 1. The SMILES string of the molecule is CCOC(=O)CCN(CCO)C(=O)C1CCCCC1. The molecule has 0 unspecified atom stereocenters. The highest BCUT2D eigenvalue weighted by Crippen LogP contribution is 2.25. The predicted octanol–water partition coefficient (Wildman–Crippen LogP) is 1.34. The second-order valence-electron chi connectivity index (χ2n) is 4.94. The summed E-state index contributed by atoms with van der Waals surface area (Å²) in [5.41, 5.74) is 0. The van der Waals surface area contributed by atoms with Crippen molar-refractivity contribution in [1.82, 2.24) is 4.90 Å². The van der Waals surface area contributed by atoms with Crippen molar-refractivity contribution in [2.45, 2.75) is 45.4 Å². The molecule has 0 atom stereocenters. The van der Waals surface area contributed by atoms with Gasteiger partial charge in [-0.25, -0.2) is 0 Å². The number of carbonyl (C=O) groups excluding carboxylic acids is 2. The van der Waals surface area contributed by atoms with Gasteiger partial charge in [-0.15, -0.1) is 0 Å². The van der Waals surface area contributed by atoms with Crippen molar-refractivity contribution >= 4 is 11.9 Å². The Morgan fingerprint density at radius 2 is 1.89 bits per heavy atom. The van der Waals surface area contributed by atoms with E-state index in [0.29, 0.717) is 19.7 Å². The second-order valence-corrected chi connectivity index (χ2v) is 4.94. The molecule has 1 aliphatic carbocycles. The van der Waals surface area contributed by atoms with E-state index >= 15 is 0 Å². The van der Waals surface area contributed by atoms with Gasteiger partial charge in [-0.3, -0.25) is 9.59 Å². The van der Waals surface area contributed by atoms with Crippen LogP contribution in [0.25, 0.3) is 0 Å². The number of aliphatic hydroxyl groups is 1. The van der Waals surface area contributed by atoms with Crippen LogP contribution < -0.4 is 0 Å². The van der Waals surface area contributed by atoms with E-state index in [2.05, 4.69) is 0 Å². The molecule has 1 saturated carbocycles. The molecule has 5 heteroatoms. The Hall–Kier alpha value is -1.10. The fourth-order valence-electron chi connectivity index (χ4n) is 2.52. The largest absolute Gasteiger partial charge is 0.466 e. The lowest BCUT2D eigenvalue weighted by Gasteiger charge is -2.28. The van der Waals surface area contributed by atoms with E-state index in [9.17, 15) is 9.59 Å². The quantitative estimate of drug-likeness (QED) is 0.710. The van der Waals surface area contributed by atoms with Gasteiger partial charge in [0.25, 0.3) is 0 Å². The van der Waals surface area contributed by atoms with Gasteiger partial charge in [0.05, 0.1) is 19.6 Å². The summed E-state index contributed by atoms with van der Waals surface area (Å²) in [6.07, 6.45) is 5.46. The lowest BCUT2D eigenvalue weighted by atomic mass is 9.88. The highest BCUT2D eigenvalue weighted by atomic mass is 16.5. The van der Waals surface area contributed by atoms with Gasteiger partial charge in [0.1, 0.15) is 0 Å². The monoisotopic (exact) mass is 271 g/mol. The first-order valence-corrected chi connectivity index (χ1v) is 7.24. The van der Waals surface area contributed by atoms with Crippen LogP contribution in [-0.4, -0.2) is 48.2 Å². The van der Waals surface area contributed by atoms with Gasteiger partial charge in [-0.2, -0.15) is 0 Å². The van der Waals surface area contributed by atoms with E-state index in [1.54, 1.807) is 11.8 Å². The van der Waals surface area contributed by atoms with Crippen LogP contribution in [0.3, 0.4) is 0 Å². The Morgan fingerprint density at radius 1 is 1.21 bits per heavy atom. The van der Waals surface area contributed by atoms with E-state index in [1.807, 2.05) is 0 Å². The Bertz CT molecular complexity index is 287. The number of rotatable bonds is 7. The van der Waals surface area contributed by atoms with Crippen molar-refractivity contribution in [3.8, 4) is 0 Å². The molecule has 0 bridgehead atoms. The minimum Gasteiger partial charge on any atom is -0.466 e. The predicted molar refractivity (Wildman–Crippen MR) is 71.5 cm³/mol. The number of esters is 1. The maximum Gasteiger partial charge on any atom is 0.307 e. The van der Waals surface area contributed by atoms with Gasteiger partial charge in [-0.1, -0.05) is 19.3 Å². The lowest BCUT2D eigenvalue weighted by molar-refractivity contribution is -0.144. The topological polar surface area (TPSA) is 66.8 Å². The summed E-state index contributed by atoms with van der Waals surface area (Å²) in [6.45, 7) is 2.69. The maximum atomic E-state index is 12.3. The zero-order chi connectivity index (χ0) is 14.1. The van der Waals surface area contributed by atoms with Gasteiger partial charge in [-0.05, 0) is 19.8 Å². The number of ether oxygens (including phenoxy) is 1. The van der Waals surface area contributed by atoms with E-state index in [1.165, 1.54) is 6.42 Å². The molecule has 19 heavy (non-hydrogen) atoms. The Kier molecular flexibility index (Phi) is 7.48. The number of nitrogens with zero attached hydrogens (tertiary/aromatic N) is 1. The van der Waals surface area contributed by atoms with Crippen molar-refractivity contribution in [2.75, 3.05) is 26.3 Å².